The molecule has 1 aromatic carbocycles. The molecular weight excluding hydrogens is 398 g/mol. The van der Waals surface area contributed by atoms with E-state index in [4.69, 9.17) is 4.74 Å². The zero-order chi connectivity index (χ0) is 22.5. The lowest BCUT2D eigenvalue weighted by Crippen LogP contribution is -2.50. The molecule has 0 spiro atoms. The molecule has 2 aromatic rings. The van der Waals surface area contributed by atoms with Gasteiger partial charge in [0.25, 0.3) is 0 Å². The van der Waals surface area contributed by atoms with E-state index in [0.717, 1.165) is 63.1 Å². The van der Waals surface area contributed by atoms with Gasteiger partial charge < -0.3 is 9.64 Å². The summed E-state index contributed by atoms with van der Waals surface area (Å²) in [6.45, 7) is 2.99. The molecule has 0 aliphatic heterocycles. The first kappa shape index (κ1) is 22.8. The average Bonchev–Trinajstić information content (AvgIpc) is 2.84. The van der Waals surface area contributed by atoms with Crippen molar-refractivity contribution in [2.24, 2.45) is 5.92 Å². The molecule has 0 saturated heterocycles. The van der Waals surface area contributed by atoms with Gasteiger partial charge in [-0.15, -0.1) is 0 Å². The van der Waals surface area contributed by atoms with Crippen LogP contribution in [0.3, 0.4) is 0 Å². The first-order valence-corrected chi connectivity index (χ1v) is 12.2. The summed E-state index contributed by atoms with van der Waals surface area (Å²) in [5, 5.41) is 0. The molecular formula is C27H37N3O2. The second kappa shape index (κ2) is 10.5. The molecule has 2 atom stereocenters. The number of anilines is 1. The van der Waals surface area contributed by atoms with E-state index in [-0.39, 0.29) is 17.9 Å². The highest BCUT2D eigenvalue weighted by Crippen LogP contribution is 2.32. The van der Waals surface area contributed by atoms with Gasteiger partial charge in [-0.2, -0.15) is 0 Å². The highest BCUT2D eigenvalue weighted by atomic mass is 16.5. The van der Waals surface area contributed by atoms with E-state index in [1.54, 1.807) is 13.3 Å². The number of carbonyl (C=O) groups is 1. The van der Waals surface area contributed by atoms with Crippen LogP contribution >= 0.6 is 0 Å². The van der Waals surface area contributed by atoms with Crippen LogP contribution in [0.1, 0.15) is 56.6 Å². The second-order valence-corrected chi connectivity index (χ2v) is 9.51. The number of hydrogen-bond acceptors (Lipinski definition) is 4. The highest BCUT2D eigenvalue weighted by Gasteiger charge is 2.32. The smallest absolute Gasteiger partial charge is 0.231 e. The molecule has 5 heteroatoms. The first-order valence-electron chi connectivity index (χ1n) is 12.2. The molecule has 0 radical (unpaired) electrons. The Hall–Kier alpha value is -2.40. The Bertz CT molecular complexity index is 881. The van der Waals surface area contributed by atoms with Crippen LogP contribution in [-0.2, 0) is 17.6 Å². The van der Waals surface area contributed by atoms with E-state index in [0.29, 0.717) is 6.04 Å². The van der Waals surface area contributed by atoms with Crippen LogP contribution in [0.5, 0.6) is 5.75 Å². The van der Waals surface area contributed by atoms with Crippen molar-refractivity contribution in [2.45, 2.75) is 70.4 Å². The summed E-state index contributed by atoms with van der Waals surface area (Å²) in [5.74, 6) is 2.15. The number of fused-ring (bicyclic) bond motifs is 1. The Morgan fingerprint density at radius 1 is 1.12 bits per heavy atom. The van der Waals surface area contributed by atoms with E-state index in [1.807, 2.05) is 23.1 Å². The minimum atomic E-state index is 0.0587. The molecule has 1 aromatic heterocycles. The van der Waals surface area contributed by atoms with Crippen LogP contribution in [0.2, 0.25) is 0 Å². The molecule has 2 aliphatic carbocycles. The predicted octanol–water partition coefficient (Wildman–Crippen LogP) is 4.88. The number of hydrogen-bond donors (Lipinski definition) is 0. The summed E-state index contributed by atoms with van der Waals surface area (Å²) in [5.41, 5.74) is 2.75. The van der Waals surface area contributed by atoms with E-state index < -0.39 is 0 Å². The number of benzene rings is 1. The number of ether oxygens (including phenoxy) is 1. The van der Waals surface area contributed by atoms with Crippen LogP contribution in [0.25, 0.3) is 0 Å². The topological polar surface area (TPSA) is 45.7 Å². The number of nitrogens with zero attached hydrogens (tertiary/aromatic N) is 3. The van der Waals surface area contributed by atoms with Gasteiger partial charge in [0, 0.05) is 30.7 Å². The van der Waals surface area contributed by atoms with Crippen LogP contribution in [-0.4, -0.2) is 48.6 Å². The van der Waals surface area contributed by atoms with Gasteiger partial charge in [0.1, 0.15) is 11.6 Å². The number of aryl methyl sites for hydroxylation is 1. The number of likely N-dealkylation sites (N-methyl/N-ethyl adjacent to an activating group) is 1. The zero-order valence-corrected chi connectivity index (χ0v) is 19.8. The minimum absolute atomic E-state index is 0.0587. The quantitative estimate of drug-likeness (QED) is 0.622. The lowest BCUT2D eigenvalue weighted by Gasteiger charge is -2.38. The molecule has 0 N–H and O–H groups in total. The number of pyridine rings is 1. The minimum Gasteiger partial charge on any atom is -0.496 e. The lowest BCUT2D eigenvalue weighted by molar-refractivity contribution is -0.123. The normalized spacial score (nSPS) is 19.9. The summed E-state index contributed by atoms with van der Waals surface area (Å²) < 4.78 is 5.64. The summed E-state index contributed by atoms with van der Waals surface area (Å²) in [6.07, 6.45) is 10.5. The molecule has 2 unspecified atom stereocenters. The van der Waals surface area contributed by atoms with Crippen molar-refractivity contribution in [3.63, 3.8) is 0 Å². The number of rotatable bonds is 7. The molecule has 1 heterocycles. The summed E-state index contributed by atoms with van der Waals surface area (Å²) in [7, 11) is 3.95. The van der Waals surface area contributed by atoms with Gasteiger partial charge in [0.2, 0.25) is 5.91 Å². The number of aromatic nitrogens is 1. The first-order chi connectivity index (χ1) is 15.6. The van der Waals surface area contributed by atoms with Crippen molar-refractivity contribution in [3.05, 3.63) is 53.7 Å². The molecule has 2 aliphatic rings. The van der Waals surface area contributed by atoms with Gasteiger partial charge in [0.05, 0.1) is 7.11 Å². The molecule has 172 valence electrons. The summed E-state index contributed by atoms with van der Waals surface area (Å²) in [6, 6.07) is 12.7. The number of methoxy groups -OCH3 is 1. The van der Waals surface area contributed by atoms with Gasteiger partial charge in [-0.05, 0) is 75.4 Å². The Labute approximate surface area is 192 Å². The third kappa shape index (κ3) is 4.98. The van der Waals surface area contributed by atoms with E-state index >= 15 is 0 Å². The van der Waals surface area contributed by atoms with Crippen LogP contribution in [0, 0.1) is 5.92 Å². The van der Waals surface area contributed by atoms with Crippen LogP contribution < -0.4 is 9.64 Å². The van der Waals surface area contributed by atoms with Crippen molar-refractivity contribution < 1.29 is 9.53 Å². The van der Waals surface area contributed by atoms with Crippen molar-refractivity contribution >= 4 is 11.7 Å². The Kier molecular flexibility index (Phi) is 7.46. The van der Waals surface area contributed by atoms with Crippen molar-refractivity contribution in [2.75, 3.05) is 25.6 Å². The zero-order valence-electron chi connectivity index (χ0n) is 19.8. The Balaban J connectivity index is 1.49. The molecule has 32 heavy (non-hydrogen) atoms. The van der Waals surface area contributed by atoms with Gasteiger partial charge in [-0.1, -0.05) is 37.5 Å². The van der Waals surface area contributed by atoms with Crippen molar-refractivity contribution in [1.82, 2.24) is 9.88 Å². The lowest BCUT2D eigenvalue weighted by atomic mass is 9.86. The molecule has 0 bridgehead atoms. The highest BCUT2D eigenvalue weighted by molar-refractivity contribution is 5.94. The molecule has 4 rings (SSSR count). The van der Waals surface area contributed by atoms with Crippen molar-refractivity contribution in [3.8, 4) is 5.75 Å². The molecule has 1 amide bonds. The SMILES string of the molecule is COc1cccc2c1CC(N(C)CC(C)N(C(=O)C1CCCCC1)c1ccccn1)CC2. The van der Waals surface area contributed by atoms with Gasteiger partial charge in [-0.25, -0.2) is 4.98 Å². The molecule has 5 nitrogen and oxygen atoms in total. The monoisotopic (exact) mass is 435 g/mol. The second-order valence-electron chi connectivity index (χ2n) is 9.51. The molecule has 1 fully saturated rings. The van der Waals surface area contributed by atoms with Gasteiger partial charge >= 0.3 is 0 Å². The largest absolute Gasteiger partial charge is 0.496 e. The van der Waals surface area contributed by atoms with Crippen molar-refractivity contribution in [1.29, 1.82) is 0 Å². The fourth-order valence-corrected chi connectivity index (χ4v) is 5.55. The average molecular weight is 436 g/mol. The van der Waals surface area contributed by atoms with Crippen LogP contribution in [0.15, 0.2) is 42.6 Å². The fourth-order valence-electron chi connectivity index (χ4n) is 5.55. The Morgan fingerprint density at radius 2 is 1.94 bits per heavy atom. The number of carbonyl (C=O) groups excluding carboxylic acids is 1. The standard InChI is InChI=1S/C27H37N3O2/c1-20(19-29(2)23-16-15-21-12-9-13-25(32-3)24(21)18-23)30(26-14-7-8-17-28-26)27(31)22-10-5-4-6-11-22/h7-9,12-14,17,20,22-23H,4-6,10-11,15-16,18-19H2,1-3H3. The fraction of sp³-hybridized carbons (Fsp3) is 0.556. The van der Waals surface area contributed by atoms with Gasteiger partial charge in [0.15, 0.2) is 0 Å². The third-order valence-corrected chi connectivity index (χ3v) is 7.34. The van der Waals surface area contributed by atoms with E-state index in [1.165, 1.54) is 17.5 Å². The third-order valence-electron chi connectivity index (χ3n) is 7.34. The number of amides is 1. The maximum Gasteiger partial charge on any atom is 0.231 e. The molecule has 1 saturated carbocycles. The van der Waals surface area contributed by atoms with E-state index in [2.05, 4.69) is 42.1 Å². The summed E-state index contributed by atoms with van der Waals surface area (Å²) in [4.78, 5) is 22.6. The van der Waals surface area contributed by atoms with Gasteiger partial charge in [-0.3, -0.25) is 9.69 Å². The van der Waals surface area contributed by atoms with E-state index in [9.17, 15) is 4.79 Å². The summed E-state index contributed by atoms with van der Waals surface area (Å²) >= 11 is 0. The maximum atomic E-state index is 13.6. The maximum absolute atomic E-state index is 13.6. The Morgan fingerprint density at radius 3 is 2.66 bits per heavy atom. The predicted molar refractivity (Wildman–Crippen MR) is 129 cm³/mol. The van der Waals surface area contributed by atoms with Crippen LogP contribution in [0.4, 0.5) is 5.82 Å².